The highest BCUT2D eigenvalue weighted by molar-refractivity contribution is 5.78. The first-order valence-corrected chi connectivity index (χ1v) is 10.9. The molecule has 154 valence electrons. The second kappa shape index (κ2) is 18.7. The molecule has 0 rings (SSSR count). The molecule has 0 spiro atoms. The van der Waals surface area contributed by atoms with Gasteiger partial charge in [0.2, 0.25) is 0 Å². The van der Waals surface area contributed by atoms with Crippen LogP contribution in [0.1, 0.15) is 117 Å². The third-order valence-corrected chi connectivity index (χ3v) is 4.84. The Morgan fingerprint density at radius 3 is 1.42 bits per heavy atom. The van der Waals surface area contributed by atoms with Crippen LogP contribution in [0.2, 0.25) is 0 Å². The van der Waals surface area contributed by atoms with Crippen molar-refractivity contribution in [2.75, 3.05) is 7.11 Å². The van der Waals surface area contributed by atoms with Gasteiger partial charge in [-0.25, -0.2) is 4.79 Å². The minimum atomic E-state index is -0.737. The van der Waals surface area contributed by atoms with Crippen molar-refractivity contribution in [3.63, 3.8) is 0 Å². The summed E-state index contributed by atoms with van der Waals surface area (Å²) in [4.78, 5) is 22.5. The minimum Gasteiger partial charge on any atom is -0.466 e. The first-order chi connectivity index (χ1) is 12.6. The number of carbonyl (C=O) groups is 2. The molecule has 1 atom stereocenters. The van der Waals surface area contributed by atoms with Gasteiger partial charge >= 0.3 is 11.9 Å². The molecular formula is C22H42O4. The predicted molar refractivity (Wildman–Crippen MR) is 107 cm³/mol. The Morgan fingerprint density at radius 2 is 1.08 bits per heavy atom. The largest absolute Gasteiger partial charge is 0.466 e. The fraction of sp³-hybridized carbons (Fsp3) is 0.909. The summed E-state index contributed by atoms with van der Waals surface area (Å²) in [6.45, 7) is 3.59. The van der Waals surface area contributed by atoms with E-state index in [1.54, 1.807) is 0 Å². The lowest BCUT2D eigenvalue weighted by molar-refractivity contribution is -0.165. The van der Waals surface area contributed by atoms with Crippen LogP contribution < -0.4 is 0 Å². The molecular weight excluding hydrogens is 328 g/mol. The van der Waals surface area contributed by atoms with Crippen molar-refractivity contribution < 1.29 is 19.1 Å². The molecule has 0 saturated heterocycles. The van der Waals surface area contributed by atoms with Crippen LogP contribution in [-0.2, 0) is 19.1 Å². The van der Waals surface area contributed by atoms with Crippen LogP contribution in [0.4, 0.5) is 0 Å². The second-order valence-corrected chi connectivity index (χ2v) is 7.36. The summed E-state index contributed by atoms with van der Waals surface area (Å²) in [5.74, 6) is -0.882. The van der Waals surface area contributed by atoms with Gasteiger partial charge in [-0.2, -0.15) is 0 Å². The van der Waals surface area contributed by atoms with Crippen molar-refractivity contribution >= 4 is 11.9 Å². The highest BCUT2D eigenvalue weighted by atomic mass is 16.6. The summed E-state index contributed by atoms with van der Waals surface area (Å²) in [5.41, 5.74) is 0. The molecule has 4 heteroatoms. The van der Waals surface area contributed by atoms with Crippen LogP contribution in [0.25, 0.3) is 0 Å². The SMILES string of the molecule is CCCCCCCCCCCCCCCCCC(OC(C)=O)C(=O)OC. The number of ether oxygens (including phenoxy) is 2. The smallest absolute Gasteiger partial charge is 0.347 e. The van der Waals surface area contributed by atoms with Crippen molar-refractivity contribution in [1.82, 2.24) is 0 Å². The molecule has 1 unspecified atom stereocenters. The summed E-state index contributed by atoms with van der Waals surface area (Å²) in [5, 5.41) is 0. The van der Waals surface area contributed by atoms with Crippen LogP contribution in [0.5, 0.6) is 0 Å². The van der Waals surface area contributed by atoms with E-state index in [-0.39, 0.29) is 0 Å². The molecule has 0 aliphatic carbocycles. The topological polar surface area (TPSA) is 52.6 Å². The molecule has 4 nitrogen and oxygen atoms in total. The molecule has 0 N–H and O–H groups in total. The fourth-order valence-corrected chi connectivity index (χ4v) is 3.26. The summed E-state index contributed by atoms with van der Waals surface area (Å²) in [7, 11) is 1.32. The summed E-state index contributed by atoms with van der Waals surface area (Å²) in [6, 6.07) is 0. The van der Waals surface area contributed by atoms with E-state index < -0.39 is 18.0 Å². The molecule has 0 bridgehead atoms. The average molecular weight is 371 g/mol. The zero-order valence-corrected chi connectivity index (χ0v) is 17.5. The molecule has 26 heavy (non-hydrogen) atoms. The van der Waals surface area contributed by atoms with Gasteiger partial charge in [-0.15, -0.1) is 0 Å². The maximum Gasteiger partial charge on any atom is 0.347 e. The number of carbonyl (C=O) groups excluding carboxylic acids is 2. The fourth-order valence-electron chi connectivity index (χ4n) is 3.26. The van der Waals surface area contributed by atoms with Crippen molar-refractivity contribution in [1.29, 1.82) is 0 Å². The zero-order valence-electron chi connectivity index (χ0n) is 17.5. The second-order valence-electron chi connectivity index (χ2n) is 7.36. The normalized spacial score (nSPS) is 12.0. The Bertz CT molecular complexity index is 341. The minimum absolute atomic E-state index is 0.429. The third kappa shape index (κ3) is 16.4. The van der Waals surface area contributed by atoms with Gasteiger partial charge < -0.3 is 9.47 Å². The summed E-state index contributed by atoms with van der Waals surface area (Å²) in [6.07, 6.45) is 19.4. The van der Waals surface area contributed by atoms with E-state index >= 15 is 0 Å². The summed E-state index contributed by atoms with van der Waals surface area (Å²) < 4.78 is 9.68. The molecule has 0 saturated carbocycles. The van der Waals surface area contributed by atoms with Crippen molar-refractivity contribution in [2.45, 2.75) is 123 Å². The summed E-state index contributed by atoms with van der Waals surface area (Å²) >= 11 is 0. The van der Waals surface area contributed by atoms with E-state index in [0.717, 1.165) is 12.8 Å². The predicted octanol–water partition coefficient (Wildman–Crippen LogP) is 6.35. The van der Waals surface area contributed by atoms with Gasteiger partial charge in [0.15, 0.2) is 6.10 Å². The number of esters is 2. The van der Waals surface area contributed by atoms with Gasteiger partial charge in [-0.05, 0) is 12.8 Å². The van der Waals surface area contributed by atoms with Crippen LogP contribution in [0, 0.1) is 0 Å². The maximum absolute atomic E-state index is 11.5. The molecule has 0 aromatic rings. The van der Waals surface area contributed by atoms with E-state index in [0.29, 0.717) is 6.42 Å². The lowest BCUT2D eigenvalue weighted by Gasteiger charge is -2.14. The van der Waals surface area contributed by atoms with Crippen LogP contribution in [0.15, 0.2) is 0 Å². The first kappa shape index (κ1) is 24.9. The lowest BCUT2D eigenvalue weighted by Crippen LogP contribution is -2.27. The standard InChI is InChI=1S/C22H42O4/c1-4-5-6-7-8-9-10-11-12-13-14-15-16-17-18-19-21(22(24)25-3)26-20(2)23/h21H,4-19H2,1-3H3. The third-order valence-electron chi connectivity index (χ3n) is 4.84. The van der Waals surface area contributed by atoms with E-state index in [1.807, 2.05) is 0 Å². The number of methoxy groups -OCH3 is 1. The van der Waals surface area contributed by atoms with Crippen LogP contribution >= 0.6 is 0 Å². The molecule has 0 aliphatic heterocycles. The van der Waals surface area contributed by atoms with Gasteiger partial charge in [0.05, 0.1) is 7.11 Å². The van der Waals surface area contributed by atoms with Crippen molar-refractivity contribution in [2.24, 2.45) is 0 Å². The molecule has 0 aromatic heterocycles. The van der Waals surface area contributed by atoms with Gasteiger partial charge in [-0.1, -0.05) is 96.8 Å². The van der Waals surface area contributed by atoms with Crippen molar-refractivity contribution in [3.05, 3.63) is 0 Å². The van der Waals surface area contributed by atoms with Crippen LogP contribution in [-0.4, -0.2) is 25.2 Å². The zero-order chi connectivity index (χ0) is 19.5. The van der Waals surface area contributed by atoms with E-state index in [2.05, 4.69) is 11.7 Å². The molecule has 0 amide bonds. The van der Waals surface area contributed by atoms with E-state index in [4.69, 9.17) is 4.74 Å². The van der Waals surface area contributed by atoms with Gasteiger partial charge in [0.1, 0.15) is 0 Å². The molecule has 0 aliphatic rings. The van der Waals surface area contributed by atoms with Crippen molar-refractivity contribution in [3.8, 4) is 0 Å². The highest BCUT2D eigenvalue weighted by Crippen LogP contribution is 2.15. The number of unbranched alkanes of at least 4 members (excludes halogenated alkanes) is 14. The molecule has 0 radical (unpaired) electrons. The van der Waals surface area contributed by atoms with Crippen LogP contribution in [0.3, 0.4) is 0 Å². The Morgan fingerprint density at radius 1 is 0.692 bits per heavy atom. The first-order valence-electron chi connectivity index (χ1n) is 10.9. The number of hydrogen-bond donors (Lipinski definition) is 0. The average Bonchev–Trinajstić information content (AvgIpc) is 2.62. The quantitative estimate of drug-likeness (QED) is 0.208. The van der Waals surface area contributed by atoms with E-state index in [9.17, 15) is 9.59 Å². The maximum atomic E-state index is 11.5. The molecule has 0 heterocycles. The van der Waals surface area contributed by atoms with E-state index in [1.165, 1.54) is 97.5 Å². The molecule has 0 aromatic carbocycles. The monoisotopic (exact) mass is 370 g/mol. The number of rotatable bonds is 18. The van der Waals surface area contributed by atoms with Gasteiger partial charge in [0.25, 0.3) is 0 Å². The highest BCUT2D eigenvalue weighted by Gasteiger charge is 2.21. The Balaban J connectivity index is 3.37. The van der Waals surface area contributed by atoms with Gasteiger partial charge in [0, 0.05) is 6.92 Å². The van der Waals surface area contributed by atoms with Gasteiger partial charge in [-0.3, -0.25) is 4.79 Å². The Hall–Kier alpha value is -1.06. The molecule has 0 fully saturated rings. The Kier molecular flexibility index (Phi) is 18.0. The Labute approximate surface area is 161 Å². The lowest BCUT2D eigenvalue weighted by atomic mass is 10.0. The number of hydrogen-bond acceptors (Lipinski definition) is 4.